The molecule has 0 radical (unpaired) electrons. The highest BCUT2D eigenvalue weighted by Crippen LogP contribution is 2.36. The molecule has 5 heteroatoms. The van der Waals surface area contributed by atoms with Gasteiger partial charge < -0.3 is 5.73 Å². The van der Waals surface area contributed by atoms with E-state index >= 15 is 0 Å². The van der Waals surface area contributed by atoms with Crippen LogP contribution in [-0.4, -0.2) is 24.1 Å². The molecule has 1 rings (SSSR count). The summed E-state index contributed by atoms with van der Waals surface area (Å²) in [5.74, 6) is -2.60. The molecule has 0 aromatic carbocycles. The molecule has 0 aromatic rings. The summed E-state index contributed by atoms with van der Waals surface area (Å²) >= 11 is 3.04. The number of hydrogen-bond acceptors (Lipinski definition) is 2. The van der Waals surface area contributed by atoms with Crippen LogP contribution in [0.4, 0.5) is 8.78 Å². The molecule has 0 aromatic heterocycles. The predicted octanol–water partition coefficient (Wildman–Crippen LogP) is 2.35. The summed E-state index contributed by atoms with van der Waals surface area (Å²) < 4.78 is 25.2. The second-order valence-electron chi connectivity index (χ2n) is 3.23. The number of nitrogens with two attached hydrogens (primary N) is 1. The van der Waals surface area contributed by atoms with E-state index in [4.69, 9.17) is 0 Å². The summed E-state index contributed by atoms with van der Waals surface area (Å²) in [6, 6.07) is 0. The fourth-order valence-corrected chi connectivity index (χ4v) is 1.93. The van der Waals surface area contributed by atoms with E-state index in [2.05, 4.69) is 21.7 Å². The molecule has 2 nitrogen and oxygen atoms in total. The van der Waals surface area contributed by atoms with Crippen molar-refractivity contribution in [3.8, 4) is 0 Å². The topological polar surface area (TPSA) is 43.1 Å². The number of ketones is 1. The van der Waals surface area contributed by atoms with Crippen molar-refractivity contribution in [3.63, 3.8) is 0 Å². The van der Waals surface area contributed by atoms with Gasteiger partial charge in [0.1, 0.15) is 5.78 Å². The lowest BCUT2D eigenvalue weighted by atomic mass is 9.85. The largest absolute Gasteiger partial charge is 0.333 e. The first kappa shape index (κ1) is 14.0. The molecule has 0 spiro atoms. The van der Waals surface area contributed by atoms with Crippen molar-refractivity contribution in [1.29, 1.82) is 0 Å². The third-order valence-corrected chi connectivity index (χ3v) is 2.86. The van der Waals surface area contributed by atoms with Crippen LogP contribution in [0.5, 0.6) is 0 Å². The summed E-state index contributed by atoms with van der Waals surface area (Å²) in [6.45, 7) is 0. The maximum atomic E-state index is 12.6. The standard InChI is InChI=1S/C8H11BrF2O.CH5N/c9-5-7(12)6-1-3-8(10,11)4-2-6;1-2/h6H,1-5H2;2H2,1H3. The Bertz CT molecular complexity index is 178. The maximum Gasteiger partial charge on any atom is 0.248 e. The summed E-state index contributed by atoms with van der Waals surface area (Å²) in [7, 11) is 1.50. The van der Waals surface area contributed by atoms with Crippen LogP contribution in [0.1, 0.15) is 25.7 Å². The molecule has 0 bridgehead atoms. The van der Waals surface area contributed by atoms with Gasteiger partial charge in [0.2, 0.25) is 5.92 Å². The van der Waals surface area contributed by atoms with Gasteiger partial charge >= 0.3 is 0 Å². The molecule has 1 fully saturated rings. The highest BCUT2D eigenvalue weighted by atomic mass is 79.9. The van der Waals surface area contributed by atoms with Gasteiger partial charge in [0, 0.05) is 18.8 Å². The molecule has 1 saturated carbocycles. The van der Waals surface area contributed by atoms with Crippen LogP contribution < -0.4 is 5.73 Å². The highest BCUT2D eigenvalue weighted by molar-refractivity contribution is 9.09. The summed E-state index contributed by atoms with van der Waals surface area (Å²) in [6.07, 6.45) is 0.432. The van der Waals surface area contributed by atoms with Crippen molar-refractivity contribution in [1.82, 2.24) is 0 Å². The Morgan fingerprint density at radius 3 is 2.21 bits per heavy atom. The van der Waals surface area contributed by atoms with Gasteiger partial charge in [0.25, 0.3) is 0 Å². The van der Waals surface area contributed by atoms with Crippen LogP contribution in [0.3, 0.4) is 0 Å². The van der Waals surface area contributed by atoms with E-state index in [1.807, 2.05) is 0 Å². The van der Waals surface area contributed by atoms with E-state index in [1.165, 1.54) is 7.05 Å². The van der Waals surface area contributed by atoms with Gasteiger partial charge in [-0.1, -0.05) is 15.9 Å². The van der Waals surface area contributed by atoms with Gasteiger partial charge in [-0.25, -0.2) is 8.78 Å². The van der Waals surface area contributed by atoms with E-state index in [9.17, 15) is 13.6 Å². The number of carbonyl (C=O) groups excluding carboxylic acids is 1. The second-order valence-corrected chi connectivity index (χ2v) is 3.79. The molecule has 0 saturated heterocycles. The Morgan fingerprint density at radius 2 is 1.86 bits per heavy atom. The van der Waals surface area contributed by atoms with Crippen LogP contribution in [0.15, 0.2) is 0 Å². The van der Waals surface area contributed by atoms with Gasteiger partial charge in [-0.3, -0.25) is 4.79 Å². The van der Waals surface area contributed by atoms with Gasteiger partial charge in [0.05, 0.1) is 5.33 Å². The van der Waals surface area contributed by atoms with Crippen molar-refractivity contribution < 1.29 is 13.6 Å². The van der Waals surface area contributed by atoms with Gasteiger partial charge in [-0.15, -0.1) is 0 Å². The molecule has 0 heterocycles. The zero-order chi connectivity index (χ0) is 11.2. The van der Waals surface area contributed by atoms with Crippen LogP contribution in [0.25, 0.3) is 0 Å². The zero-order valence-corrected chi connectivity index (χ0v) is 9.82. The Morgan fingerprint density at radius 1 is 1.43 bits per heavy atom. The van der Waals surface area contributed by atoms with Crippen LogP contribution in [-0.2, 0) is 4.79 Å². The minimum absolute atomic E-state index is 0.0606. The van der Waals surface area contributed by atoms with Crippen LogP contribution >= 0.6 is 15.9 Å². The Labute approximate surface area is 91.4 Å². The van der Waals surface area contributed by atoms with Crippen LogP contribution in [0, 0.1) is 5.92 Å². The lowest BCUT2D eigenvalue weighted by molar-refractivity contribution is -0.124. The van der Waals surface area contributed by atoms with Crippen molar-refractivity contribution in [2.75, 3.05) is 12.4 Å². The fraction of sp³-hybridized carbons (Fsp3) is 0.889. The number of rotatable bonds is 2. The summed E-state index contributed by atoms with van der Waals surface area (Å²) in [5.41, 5.74) is 4.50. The third-order valence-electron chi connectivity index (χ3n) is 2.30. The van der Waals surface area contributed by atoms with E-state index in [0.717, 1.165) is 0 Å². The van der Waals surface area contributed by atoms with E-state index in [0.29, 0.717) is 18.2 Å². The number of alkyl halides is 3. The first-order valence-corrected chi connectivity index (χ1v) is 5.71. The van der Waals surface area contributed by atoms with Gasteiger partial charge in [0.15, 0.2) is 0 Å². The molecule has 84 valence electrons. The molecule has 0 aliphatic heterocycles. The minimum Gasteiger partial charge on any atom is -0.333 e. The number of halogens is 3. The molecule has 0 amide bonds. The average molecular weight is 272 g/mol. The quantitative estimate of drug-likeness (QED) is 0.784. The predicted molar refractivity (Wildman–Crippen MR) is 55.8 cm³/mol. The third kappa shape index (κ3) is 4.46. The van der Waals surface area contributed by atoms with E-state index in [-0.39, 0.29) is 24.5 Å². The smallest absolute Gasteiger partial charge is 0.248 e. The molecule has 14 heavy (non-hydrogen) atoms. The summed E-state index contributed by atoms with van der Waals surface area (Å²) in [4.78, 5) is 11.1. The SMILES string of the molecule is CN.O=C(CBr)C1CCC(F)(F)CC1. The zero-order valence-electron chi connectivity index (χ0n) is 8.23. The van der Waals surface area contributed by atoms with E-state index < -0.39 is 5.92 Å². The normalized spacial score (nSPS) is 20.9. The monoisotopic (exact) mass is 271 g/mol. The van der Waals surface area contributed by atoms with Crippen molar-refractivity contribution in [2.45, 2.75) is 31.6 Å². The molecule has 2 N–H and O–H groups in total. The Kier molecular flexibility index (Phi) is 6.44. The van der Waals surface area contributed by atoms with Crippen molar-refractivity contribution >= 4 is 21.7 Å². The second kappa shape index (κ2) is 6.45. The summed E-state index contributed by atoms with van der Waals surface area (Å²) in [5, 5.41) is 0.295. The number of Topliss-reactive ketones (excluding diaryl/α,β-unsaturated/α-hetero) is 1. The molecular weight excluding hydrogens is 256 g/mol. The van der Waals surface area contributed by atoms with Crippen molar-refractivity contribution in [3.05, 3.63) is 0 Å². The molecule has 0 unspecified atom stereocenters. The minimum atomic E-state index is -2.52. The highest BCUT2D eigenvalue weighted by Gasteiger charge is 2.36. The molecule has 1 aliphatic carbocycles. The van der Waals surface area contributed by atoms with Gasteiger partial charge in [-0.05, 0) is 19.9 Å². The van der Waals surface area contributed by atoms with Crippen molar-refractivity contribution in [2.24, 2.45) is 11.7 Å². The lowest BCUT2D eigenvalue weighted by Crippen LogP contribution is -2.29. The molecular formula is C9H16BrF2NO. The molecule has 1 aliphatic rings. The van der Waals surface area contributed by atoms with Crippen LogP contribution in [0.2, 0.25) is 0 Å². The lowest BCUT2D eigenvalue weighted by Gasteiger charge is -2.26. The Hall–Kier alpha value is -0.0300. The molecule has 0 atom stereocenters. The fourth-order valence-electron chi connectivity index (χ4n) is 1.47. The first-order chi connectivity index (χ1) is 6.55. The Balaban J connectivity index is 0.000000791. The first-order valence-electron chi connectivity index (χ1n) is 4.59. The number of carbonyl (C=O) groups is 1. The van der Waals surface area contributed by atoms with Gasteiger partial charge in [-0.2, -0.15) is 0 Å². The maximum absolute atomic E-state index is 12.6. The average Bonchev–Trinajstić information content (AvgIpc) is 2.20. The number of hydrogen-bond donors (Lipinski definition) is 1. The van der Waals surface area contributed by atoms with E-state index in [1.54, 1.807) is 0 Å².